The molecule has 0 atom stereocenters. The van der Waals surface area contributed by atoms with E-state index in [2.05, 4.69) is 10.5 Å². The largest absolute Gasteiger partial charge is 0.506 e. The highest BCUT2D eigenvalue weighted by Crippen LogP contribution is 2.29. The lowest BCUT2D eigenvalue weighted by Crippen LogP contribution is -2.17. The molecule has 7 heteroatoms. The molecule has 0 spiro atoms. The topological polar surface area (TPSA) is 61.7 Å². The van der Waals surface area contributed by atoms with Crippen molar-refractivity contribution in [1.82, 2.24) is 5.43 Å². The van der Waals surface area contributed by atoms with E-state index < -0.39 is 11.7 Å². The minimum atomic E-state index is -0.585. The van der Waals surface area contributed by atoms with Gasteiger partial charge in [-0.3, -0.25) is 4.79 Å². The van der Waals surface area contributed by atoms with Gasteiger partial charge in [0.1, 0.15) is 11.6 Å². The van der Waals surface area contributed by atoms with Crippen LogP contribution in [0.1, 0.15) is 15.9 Å². The number of aromatic hydroxyl groups is 1. The Kier molecular flexibility index (Phi) is 4.77. The van der Waals surface area contributed by atoms with Crippen molar-refractivity contribution in [2.45, 2.75) is 0 Å². The van der Waals surface area contributed by atoms with Crippen LogP contribution in [-0.4, -0.2) is 17.2 Å². The Balaban J connectivity index is 2.11. The number of benzene rings is 2. The van der Waals surface area contributed by atoms with Crippen LogP contribution in [0.4, 0.5) is 4.39 Å². The van der Waals surface area contributed by atoms with Crippen LogP contribution in [0.3, 0.4) is 0 Å². The van der Waals surface area contributed by atoms with Crippen LogP contribution < -0.4 is 5.43 Å². The summed E-state index contributed by atoms with van der Waals surface area (Å²) < 4.78 is 13.0. The highest BCUT2D eigenvalue weighted by atomic mass is 35.5. The highest BCUT2D eigenvalue weighted by molar-refractivity contribution is 6.36. The molecule has 0 saturated heterocycles. The van der Waals surface area contributed by atoms with Gasteiger partial charge in [0.25, 0.3) is 5.91 Å². The molecule has 2 rings (SSSR count). The molecule has 2 aromatic carbocycles. The van der Waals surface area contributed by atoms with Crippen molar-refractivity contribution in [2.24, 2.45) is 5.10 Å². The number of carbonyl (C=O) groups is 1. The van der Waals surface area contributed by atoms with E-state index in [-0.39, 0.29) is 21.9 Å². The minimum Gasteiger partial charge on any atom is -0.506 e. The maximum atomic E-state index is 13.0. The number of halogens is 3. The van der Waals surface area contributed by atoms with E-state index >= 15 is 0 Å². The number of carbonyl (C=O) groups excluding carboxylic acids is 1. The van der Waals surface area contributed by atoms with Gasteiger partial charge in [0.05, 0.1) is 11.2 Å². The summed E-state index contributed by atoms with van der Waals surface area (Å²) in [5.41, 5.74) is 2.58. The summed E-state index contributed by atoms with van der Waals surface area (Å²) in [6.07, 6.45) is 1.18. The van der Waals surface area contributed by atoms with Crippen LogP contribution in [0.2, 0.25) is 10.0 Å². The van der Waals surface area contributed by atoms with E-state index in [4.69, 9.17) is 23.2 Å². The fraction of sp³-hybridized carbons (Fsp3) is 0. The third kappa shape index (κ3) is 3.93. The van der Waals surface area contributed by atoms with Crippen LogP contribution in [0.5, 0.6) is 5.75 Å². The predicted octanol–water partition coefficient (Wildman–Crippen LogP) is 3.60. The maximum Gasteiger partial charge on any atom is 0.271 e. The second-order valence-electron chi connectivity index (χ2n) is 4.03. The number of hydrogen-bond donors (Lipinski definition) is 2. The lowest BCUT2D eigenvalue weighted by Gasteiger charge is -2.03. The van der Waals surface area contributed by atoms with Gasteiger partial charge in [-0.25, -0.2) is 9.82 Å². The summed E-state index contributed by atoms with van der Waals surface area (Å²) in [5, 5.41) is 13.7. The van der Waals surface area contributed by atoms with Crippen molar-refractivity contribution in [3.05, 3.63) is 63.4 Å². The van der Waals surface area contributed by atoms with Gasteiger partial charge in [0.2, 0.25) is 0 Å². The molecule has 0 aromatic heterocycles. The minimum absolute atomic E-state index is 0.0698. The van der Waals surface area contributed by atoms with E-state index in [0.29, 0.717) is 5.02 Å². The van der Waals surface area contributed by atoms with Crippen LogP contribution >= 0.6 is 23.2 Å². The van der Waals surface area contributed by atoms with Crippen molar-refractivity contribution in [3.63, 3.8) is 0 Å². The molecule has 0 fully saturated rings. The molecule has 2 aromatic rings. The summed E-state index contributed by atoms with van der Waals surface area (Å²) in [7, 11) is 0. The SMILES string of the molecule is O=C(NN=Cc1cc(Cl)cc(Cl)c1O)c1cccc(F)c1. The molecule has 0 bridgehead atoms. The first-order valence-electron chi connectivity index (χ1n) is 5.74. The van der Waals surface area contributed by atoms with Gasteiger partial charge in [0.15, 0.2) is 0 Å². The number of phenolic OH excluding ortho intramolecular Hbond substituents is 1. The Labute approximate surface area is 129 Å². The molecule has 0 aliphatic rings. The summed E-state index contributed by atoms with van der Waals surface area (Å²) in [4.78, 5) is 11.7. The van der Waals surface area contributed by atoms with Gasteiger partial charge >= 0.3 is 0 Å². The molecule has 0 radical (unpaired) electrons. The van der Waals surface area contributed by atoms with Gasteiger partial charge in [-0.15, -0.1) is 0 Å². The van der Waals surface area contributed by atoms with E-state index in [1.165, 1.54) is 36.5 Å². The number of amides is 1. The molecular weight excluding hydrogens is 318 g/mol. The third-order valence-electron chi connectivity index (χ3n) is 2.51. The summed E-state index contributed by atoms with van der Waals surface area (Å²) >= 11 is 11.5. The first-order chi connectivity index (χ1) is 9.97. The van der Waals surface area contributed by atoms with Crippen molar-refractivity contribution in [2.75, 3.05) is 0 Å². The normalized spacial score (nSPS) is 10.8. The Bertz CT molecular complexity index is 720. The third-order valence-corrected chi connectivity index (χ3v) is 3.02. The molecule has 0 aliphatic carbocycles. The lowest BCUT2D eigenvalue weighted by atomic mass is 10.2. The zero-order valence-corrected chi connectivity index (χ0v) is 12.0. The van der Waals surface area contributed by atoms with Gasteiger partial charge in [-0.05, 0) is 30.3 Å². The summed E-state index contributed by atoms with van der Waals surface area (Å²) in [5.74, 6) is -1.31. The molecule has 108 valence electrons. The average Bonchev–Trinajstić information content (AvgIpc) is 2.43. The van der Waals surface area contributed by atoms with Crippen LogP contribution in [0.15, 0.2) is 41.5 Å². The van der Waals surface area contributed by atoms with E-state index in [0.717, 1.165) is 6.07 Å². The molecule has 4 nitrogen and oxygen atoms in total. The van der Waals surface area contributed by atoms with Crippen molar-refractivity contribution in [3.8, 4) is 5.75 Å². The van der Waals surface area contributed by atoms with Gasteiger partial charge in [-0.2, -0.15) is 5.10 Å². The fourth-order valence-electron chi connectivity index (χ4n) is 1.54. The number of rotatable bonds is 3. The Morgan fingerprint density at radius 1 is 1.29 bits per heavy atom. The Morgan fingerprint density at radius 3 is 2.76 bits per heavy atom. The smallest absolute Gasteiger partial charge is 0.271 e. The highest BCUT2D eigenvalue weighted by Gasteiger charge is 2.07. The number of phenols is 1. The molecule has 0 saturated carbocycles. The molecule has 1 amide bonds. The van der Waals surface area contributed by atoms with Gasteiger partial charge in [-0.1, -0.05) is 29.3 Å². The number of nitrogens with one attached hydrogen (secondary N) is 1. The molecule has 21 heavy (non-hydrogen) atoms. The quantitative estimate of drug-likeness (QED) is 0.668. The standard InChI is InChI=1S/C14H9Cl2FN2O2/c15-10-4-9(13(20)12(16)6-10)7-18-19-14(21)8-2-1-3-11(17)5-8/h1-7,20H,(H,19,21). The first kappa shape index (κ1) is 15.3. The van der Waals surface area contributed by atoms with Gasteiger partial charge in [0, 0.05) is 16.1 Å². The van der Waals surface area contributed by atoms with E-state index in [1.54, 1.807) is 0 Å². The number of nitrogens with zero attached hydrogens (tertiary/aromatic N) is 1. The van der Waals surface area contributed by atoms with Crippen molar-refractivity contribution < 1.29 is 14.3 Å². The van der Waals surface area contributed by atoms with Crippen LogP contribution in [0.25, 0.3) is 0 Å². The van der Waals surface area contributed by atoms with Crippen LogP contribution in [-0.2, 0) is 0 Å². The lowest BCUT2D eigenvalue weighted by molar-refractivity contribution is 0.0954. The molecule has 0 heterocycles. The van der Waals surface area contributed by atoms with Gasteiger partial charge < -0.3 is 5.11 Å². The molecule has 0 aliphatic heterocycles. The molecule has 0 unspecified atom stereocenters. The monoisotopic (exact) mass is 326 g/mol. The Hall–Kier alpha value is -2.11. The zero-order chi connectivity index (χ0) is 15.4. The first-order valence-corrected chi connectivity index (χ1v) is 6.50. The second-order valence-corrected chi connectivity index (χ2v) is 4.88. The van der Waals surface area contributed by atoms with E-state index in [1.807, 2.05) is 0 Å². The van der Waals surface area contributed by atoms with Crippen molar-refractivity contribution >= 4 is 35.3 Å². The zero-order valence-electron chi connectivity index (χ0n) is 10.5. The Morgan fingerprint density at radius 2 is 2.05 bits per heavy atom. The number of hydrazone groups is 1. The predicted molar refractivity (Wildman–Crippen MR) is 79.6 cm³/mol. The van der Waals surface area contributed by atoms with E-state index in [9.17, 15) is 14.3 Å². The summed E-state index contributed by atoms with van der Waals surface area (Å²) in [6, 6.07) is 7.98. The molecular formula is C14H9Cl2FN2O2. The maximum absolute atomic E-state index is 13.0. The summed E-state index contributed by atoms with van der Waals surface area (Å²) in [6.45, 7) is 0. The molecule has 2 N–H and O–H groups in total. The second kappa shape index (κ2) is 6.56. The average molecular weight is 327 g/mol. The fourth-order valence-corrected chi connectivity index (χ4v) is 2.05. The van der Waals surface area contributed by atoms with Crippen LogP contribution in [0, 0.1) is 5.82 Å². The van der Waals surface area contributed by atoms with Crippen molar-refractivity contribution in [1.29, 1.82) is 0 Å². The number of hydrogen-bond acceptors (Lipinski definition) is 3.